The van der Waals surface area contributed by atoms with Crippen molar-refractivity contribution in [2.45, 2.75) is 65.0 Å². The third-order valence-corrected chi connectivity index (χ3v) is 3.52. The molecule has 0 aromatic heterocycles. The Balaban J connectivity index is 4.55. The molecule has 2 N–H and O–H groups in total. The Labute approximate surface area is 110 Å². The number of urea groups is 1. The molecule has 0 aliphatic heterocycles. The van der Waals surface area contributed by atoms with E-state index in [9.17, 15) is 9.59 Å². The van der Waals surface area contributed by atoms with Gasteiger partial charge in [0.25, 0.3) is 0 Å². The highest BCUT2D eigenvalue weighted by Crippen LogP contribution is 2.16. The lowest BCUT2D eigenvalue weighted by atomic mass is 10.0. The average molecular weight is 258 g/mol. The van der Waals surface area contributed by atoms with Crippen molar-refractivity contribution in [3.05, 3.63) is 0 Å². The van der Waals surface area contributed by atoms with E-state index in [0.29, 0.717) is 6.42 Å². The molecule has 1 atom stereocenters. The second kappa shape index (κ2) is 7.24. The monoisotopic (exact) mass is 258 g/mol. The fraction of sp³-hybridized carbons (Fsp3) is 0.846. The van der Waals surface area contributed by atoms with Gasteiger partial charge in [-0.1, -0.05) is 26.7 Å². The number of rotatable bonds is 7. The Morgan fingerprint density at radius 3 is 2.28 bits per heavy atom. The topological polar surface area (TPSA) is 69.6 Å². The molecule has 0 saturated carbocycles. The first-order chi connectivity index (χ1) is 8.26. The standard InChI is InChI=1S/C13H26N2O3/c1-6-8-9-10(11(16)17)14-12(18)15(5)13(3,4)7-2/h10H,6-9H2,1-5H3,(H,14,18)(H,16,17). The molecule has 0 aromatic rings. The maximum Gasteiger partial charge on any atom is 0.326 e. The molecule has 0 aliphatic rings. The quantitative estimate of drug-likeness (QED) is 0.737. The van der Waals surface area contributed by atoms with Crippen molar-refractivity contribution in [2.24, 2.45) is 0 Å². The lowest BCUT2D eigenvalue weighted by Gasteiger charge is -2.35. The van der Waals surface area contributed by atoms with Crippen LogP contribution in [0.3, 0.4) is 0 Å². The fourth-order valence-corrected chi connectivity index (χ4v) is 1.42. The van der Waals surface area contributed by atoms with Crippen LogP contribution in [0.5, 0.6) is 0 Å². The smallest absolute Gasteiger partial charge is 0.326 e. The van der Waals surface area contributed by atoms with Crippen molar-refractivity contribution in [1.82, 2.24) is 10.2 Å². The molecule has 5 heteroatoms. The molecule has 18 heavy (non-hydrogen) atoms. The number of aliphatic carboxylic acids is 1. The first-order valence-corrected chi connectivity index (χ1v) is 6.53. The van der Waals surface area contributed by atoms with Crippen LogP contribution in [-0.2, 0) is 4.79 Å². The van der Waals surface area contributed by atoms with E-state index in [-0.39, 0.29) is 11.6 Å². The summed E-state index contributed by atoms with van der Waals surface area (Å²) >= 11 is 0. The van der Waals surface area contributed by atoms with Crippen LogP contribution in [0.2, 0.25) is 0 Å². The van der Waals surface area contributed by atoms with Gasteiger partial charge in [0, 0.05) is 12.6 Å². The van der Waals surface area contributed by atoms with E-state index in [1.165, 1.54) is 0 Å². The summed E-state index contributed by atoms with van der Waals surface area (Å²) in [5.41, 5.74) is -0.280. The molecule has 5 nitrogen and oxygen atoms in total. The van der Waals surface area contributed by atoms with E-state index in [1.54, 1.807) is 11.9 Å². The molecule has 0 radical (unpaired) electrons. The number of hydrogen-bond donors (Lipinski definition) is 2. The molecule has 1 unspecified atom stereocenters. The van der Waals surface area contributed by atoms with Gasteiger partial charge in [0.1, 0.15) is 6.04 Å². The molecule has 0 fully saturated rings. The van der Waals surface area contributed by atoms with Gasteiger partial charge in [0.05, 0.1) is 0 Å². The molecule has 0 bridgehead atoms. The van der Waals surface area contributed by atoms with Crippen LogP contribution >= 0.6 is 0 Å². The van der Waals surface area contributed by atoms with Crippen LogP contribution in [0.25, 0.3) is 0 Å². The number of carboxylic acid groups (broad SMARTS) is 1. The summed E-state index contributed by atoms with van der Waals surface area (Å²) in [5.74, 6) is -0.973. The van der Waals surface area contributed by atoms with Gasteiger partial charge in [-0.3, -0.25) is 0 Å². The van der Waals surface area contributed by atoms with Gasteiger partial charge >= 0.3 is 12.0 Å². The highest BCUT2D eigenvalue weighted by atomic mass is 16.4. The minimum Gasteiger partial charge on any atom is -0.480 e. The van der Waals surface area contributed by atoms with E-state index >= 15 is 0 Å². The Kier molecular flexibility index (Phi) is 6.73. The number of carboxylic acids is 1. The maximum atomic E-state index is 12.0. The minimum atomic E-state index is -0.973. The number of amides is 2. The molecule has 2 amide bonds. The van der Waals surface area contributed by atoms with Crippen molar-refractivity contribution < 1.29 is 14.7 Å². The van der Waals surface area contributed by atoms with E-state index < -0.39 is 12.0 Å². The van der Waals surface area contributed by atoms with Gasteiger partial charge in [-0.05, 0) is 26.7 Å². The van der Waals surface area contributed by atoms with Crippen LogP contribution in [0.15, 0.2) is 0 Å². The first kappa shape index (κ1) is 16.7. The lowest BCUT2D eigenvalue weighted by Crippen LogP contribution is -2.53. The zero-order valence-electron chi connectivity index (χ0n) is 12.1. The third-order valence-electron chi connectivity index (χ3n) is 3.52. The summed E-state index contributed by atoms with van der Waals surface area (Å²) in [6.07, 6.45) is 2.98. The highest BCUT2D eigenvalue weighted by molar-refractivity contribution is 5.82. The van der Waals surface area contributed by atoms with Gasteiger partial charge in [0.15, 0.2) is 0 Å². The van der Waals surface area contributed by atoms with Gasteiger partial charge in [0.2, 0.25) is 0 Å². The Bertz CT molecular complexity index is 290. The van der Waals surface area contributed by atoms with Crippen LogP contribution in [0.4, 0.5) is 4.79 Å². The summed E-state index contributed by atoms with van der Waals surface area (Å²) in [5, 5.41) is 11.6. The molecule has 0 aliphatic carbocycles. The molecule has 0 aromatic carbocycles. The Morgan fingerprint density at radius 2 is 1.89 bits per heavy atom. The predicted octanol–water partition coefficient (Wildman–Crippen LogP) is 2.46. The van der Waals surface area contributed by atoms with E-state index in [1.807, 2.05) is 27.7 Å². The first-order valence-electron chi connectivity index (χ1n) is 6.53. The number of unbranched alkanes of at least 4 members (excludes halogenated alkanes) is 1. The number of nitrogens with one attached hydrogen (secondary N) is 1. The summed E-state index contributed by atoms with van der Waals surface area (Å²) in [6, 6.07) is -1.13. The lowest BCUT2D eigenvalue weighted by molar-refractivity contribution is -0.139. The van der Waals surface area contributed by atoms with E-state index in [0.717, 1.165) is 19.3 Å². The van der Waals surface area contributed by atoms with E-state index in [2.05, 4.69) is 5.32 Å². The SMILES string of the molecule is CCCCC(NC(=O)N(C)C(C)(C)CC)C(=O)O. The second-order valence-electron chi connectivity index (χ2n) is 5.21. The molecule has 0 saturated heterocycles. The molecular formula is C13H26N2O3. The summed E-state index contributed by atoms with van der Waals surface area (Å²) < 4.78 is 0. The number of carbonyl (C=O) groups is 2. The summed E-state index contributed by atoms with van der Waals surface area (Å²) in [4.78, 5) is 24.6. The van der Waals surface area contributed by atoms with Crippen molar-refractivity contribution in [3.8, 4) is 0 Å². The summed E-state index contributed by atoms with van der Waals surface area (Å²) in [7, 11) is 1.69. The van der Waals surface area contributed by atoms with Crippen LogP contribution in [-0.4, -0.2) is 40.6 Å². The molecule has 0 rings (SSSR count). The van der Waals surface area contributed by atoms with Crippen LogP contribution in [0.1, 0.15) is 53.4 Å². The van der Waals surface area contributed by atoms with Gasteiger partial charge < -0.3 is 15.3 Å². The van der Waals surface area contributed by atoms with Crippen molar-refractivity contribution in [3.63, 3.8) is 0 Å². The number of hydrogen-bond acceptors (Lipinski definition) is 2. The van der Waals surface area contributed by atoms with Gasteiger partial charge in [-0.25, -0.2) is 9.59 Å². The van der Waals surface area contributed by atoms with E-state index in [4.69, 9.17) is 5.11 Å². The zero-order chi connectivity index (χ0) is 14.3. The largest absolute Gasteiger partial charge is 0.480 e. The number of carbonyl (C=O) groups excluding carboxylic acids is 1. The van der Waals surface area contributed by atoms with Crippen molar-refractivity contribution >= 4 is 12.0 Å². The second-order valence-corrected chi connectivity index (χ2v) is 5.21. The van der Waals surface area contributed by atoms with Crippen molar-refractivity contribution in [2.75, 3.05) is 7.05 Å². The molecular weight excluding hydrogens is 232 g/mol. The van der Waals surface area contributed by atoms with Crippen LogP contribution < -0.4 is 5.32 Å². The highest BCUT2D eigenvalue weighted by Gasteiger charge is 2.28. The third kappa shape index (κ3) is 4.94. The zero-order valence-corrected chi connectivity index (χ0v) is 12.1. The van der Waals surface area contributed by atoms with Crippen molar-refractivity contribution in [1.29, 1.82) is 0 Å². The predicted molar refractivity (Wildman–Crippen MR) is 71.6 cm³/mol. The summed E-state index contributed by atoms with van der Waals surface area (Å²) in [6.45, 7) is 7.89. The van der Waals surface area contributed by atoms with Crippen LogP contribution in [0, 0.1) is 0 Å². The maximum absolute atomic E-state index is 12.0. The fourth-order valence-electron chi connectivity index (χ4n) is 1.42. The Hall–Kier alpha value is -1.26. The molecule has 106 valence electrons. The Morgan fingerprint density at radius 1 is 1.33 bits per heavy atom. The minimum absolute atomic E-state index is 0.280. The number of nitrogens with zero attached hydrogens (tertiary/aromatic N) is 1. The average Bonchev–Trinajstić information content (AvgIpc) is 2.32. The molecule has 0 heterocycles. The van der Waals surface area contributed by atoms with Gasteiger partial charge in [-0.2, -0.15) is 0 Å². The molecule has 0 spiro atoms. The normalized spacial score (nSPS) is 12.9. The van der Waals surface area contributed by atoms with Gasteiger partial charge in [-0.15, -0.1) is 0 Å².